The van der Waals surface area contributed by atoms with E-state index in [0.29, 0.717) is 58.2 Å². The Morgan fingerprint density at radius 3 is 2.21 bits per heavy atom. The second-order valence-electron chi connectivity index (χ2n) is 9.82. The van der Waals surface area contributed by atoms with Crippen LogP contribution in [0.5, 0.6) is 17.2 Å². The maximum atomic E-state index is 6.59. The molecule has 0 aliphatic carbocycles. The van der Waals surface area contributed by atoms with Crippen molar-refractivity contribution in [1.82, 2.24) is 25.3 Å². The van der Waals surface area contributed by atoms with Gasteiger partial charge in [0.15, 0.2) is 5.82 Å². The van der Waals surface area contributed by atoms with Crippen LogP contribution in [0, 0.1) is 0 Å². The van der Waals surface area contributed by atoms with Crippen LogP contribution in [-0.2, 0) is 0 Å². The van der Waals surface area contributed by atoms with E-state index < -0.39 is 0 Å². The van der Waals surface area contributed by atoms with Crippen LogP contribution in [0.15, 0.2) is 48.9 Å². The molecule has 0 unspecified atom stereocenters. The third kappa shape index (κ3) is 6.23. The van der Waals surface area contributed by atoms with Gasteiger partial charge < -0.3 is 35.1 Å². The fourth-order valence-corrected chi connectivity index (χ4v) is 5.52. The van der Waals surface area contributed by atoms with Gasteiger partial charge in [-0.15, -0.1) is 0 Å². The molecule has 2 aromatic carbocycles. The van der Waals surface area contributed by atoms with Gasteiger partial charge in [0, 0.05) is 49.2 Å². The first-order valence-electron chi connectivity index (χ1n) is 13.3. The summed E-state index contributed by atoms with van der Waals surface area (Å²) in [7, 11) is 4.67. The van der Waals surface area contributed by atoms with Gasteiger partial charge in [-0.3, -0.25) is 0 Å². The maximum absolute atomic E-state index is 6.59. The molecule has 0 radical (unpaired) electrons. The van der Waals surface area contributed by atoms with Gasteiger partial charge in [-0.2, -0.15) is 4.98 Å². The van der Waals surface area contributed by atoms with Crippen molar-refractivity contribution in [2.24, 2.45) is 0 Å². The van der Waals surface area contributed by atoms with Crippen LogP contribution in [0.4, 0.5) is 28.8 Å². The number of piperazine rings is 1. The SMILES string of the molecule is COc1cc(N2C[C@@H](C)N[C@@H](C)C2)ccc1Nc1ncnc(-c2cccnc2Nc2c(Cl)c(OC)cc(OC)c2Cl)n1. The molecule has 11 nitrogen and oxygen atoms in total. The van der Waals surface area contributed by atoms with E-state index in [1.165, 1.54) is 20.5 Å². The number of nitrogens with one attached hydrogen (secondary N) is 3. The van der Waals surface area contributed by atoms with Gasteiger partial charge in [0.05, 0.1) is 38.3 Å². The number of methoxy groups -OCH3 is 3. The predicted octanol–water partition coefficient (Wildman–Crippen LogP) is 5.94. The van der Waals surface area contributed by atoms with E-state index in [1.54, 1.807) is 25.4 Å². The smallest absolute Gasteiger partial charge is 0.230 e. The zero-order chi connectivity index (χ0) is 29.8. The maximum Gasteiger partial charge on any atom is 0.230 e. The molecule has 0 saturated carbocycles. The van der Waals surface area contributed by atoms with Crippen LogP contribution in [-0.4, -0.2) is 66.4 Å². The molecule has 0 spiro atoms. The highest BCUT2D eigenvalue weighted by Gasteiger charge is 2.23. The van der Waals surface area contributed by atoms with Gasteiger partial charge in [0.1, 0.15) is 39.4 Å². The lowest BCUT2D eigenvalue weighted by molar-refractivity contribution is 0.395. The summed E-state index contributed by atoms with van der Waals surface area (Å²) in [4.78, 5) is 20.2. The van der Waals surface area contributed by atoms with E-state index in [9.17, 15) is 0 Å². The lowest BCUT2D eigenvalue weighted by atomic mass is 10.1. The summed E-state index contributed by atoms with van der Waals surface area (Å²) in [6, 6.07) is 12.1. The fraction of sp³-hybridized carbons (Fsp3) is 0.310. The van der Waals surface area contributed by atoms with E-state index in [4.69, 9.17) is 37.4 Å². The summed E-state index contributed by atoms with van der Waals surface area (Å²) in [5.74, 6) is 2.61. The normalized spacial score (nSPS) is 16.6. The number of benzene rings is 2. The van der Waals surface area contributed by atoms with Crippen molar-refractivity contribution in [2.75, 3.05) is 50.0 Å². The van der Waals surface area contributed by atoms with Gasteiger partial charge in [0.25, 0.3) is 0 Å². The standard InChI is InChI=1S/C29H32Cl2N8O3/c1-16-13-39(14-17(2)35-16)18-8-9-20(21(11-18)40-3)36-29-34-15-33-28(38-29)19-7-6-10-32-27(19)37-26-24(30)22(41-4)12-23(42-5)25(26)31/h6-12,15-17,35H,13-14H2,1-5H3,(H,32,37)(H,33,34,36,38)/t16-,17+. The molecule has 3 N–H and O–H groups in total. The van der Waals surface area contributed by atoms with Crippen LogP contribution >= 0.6 is 23.2 Å². The monoisotopic (exact) mass is 610 g/mol. The number of ether oxygens (including phenoxy) is 3. The number of pyridine rings is 1. The van der Waals surface area contributed by atoms with E-state index in [-0.39, 0.29) is 10.0 Å². The van der Waals surface area contributed by atoms with Crippen molar-refractivity contribution in [3.8, 4) is 28.6 Å². The molecule has 5 rings (SSSR count). The molecule has 42 heavy (non-hydrogen) atoms. The Bertz CT molecular complexity index is 1540. The predicted molar refractivity (Wildman–Crippen MR) is 166 cm³/mol. The largest absolute Gasteiger partial charge is 0.495 e. The lowest BCUT2D eigenvalue weighted by Crippen LogP contribution is -2.54. The van der Waals surface area contributed by atoms with E-state index >= 15 is 0 Å². The molecule has 4 aromatic rings. The summed E-state index contributed by atoms with van der Waals surface area (Å²) in [5.41, 5.74) is 2.79. The molecule has 1 aliphatic heterocycles. The molecule has 2 aromatic heterocycles. The minimum Gasteiger partial charge on any atom is -0.495 e. The minimum atomic E-state index is 0.276. The molecule has 1 fully saturated rings. The molecule has 1 aliphatic rings. The van der Waals surface area contributed by atoms with Gasteiger partial charge in [-0.1, -0.05) is 23.2 Å². The van der Waals surface area contributed by atoms with E-state index in [0.717, 1.165) is 24.5 Å². The van der Waals surface area contributed by atoms with Crippen LogP contribution in [0.1, 0.15) is 13.8 Å². The topological polar surface area (TPSA) is 119 Å². The minimum absolute atomic E-state index is 0.276. The molecule has 1 saturated heterocycles. The first-order chi connectivity index (χ1) is 20.3. The molecule has 13 heteroatoms. The van der Waals surface area contributed by atoms with Gasteiger partial charge in [0.2, 0.25) is 5.95 Å². The molecule has 0 bridgehead atoms. The Morgan fingerprint density at radius 2 is 1.55 bits per heavy atom. The zero-order valence-corrected chi connectivity index (χ0v) is 25.4. The molecule has 2 atom stereocenters. The Hall–Kier alpha value is -4.06. The van der Waals surface area contributed by atoms with Crippen molar-refractivity contribution in [3.05, 3.63) is 59.0 Å². The first kappa shape index (κ1) is 29.4. The summed E-state index contributed by atoms with van der Waals surface area (Å²) in [6.45, 7) is 6.21. The Labute approximate surface area is 254 Å². The van der Waals surface area contributed by atoms with Crippen molar-refractivity contribution < 1.29 is 14.2 Å². The quantitative estimate of drug-likeness (QED) is 0.209. The van der Waals surface area contributed by atoms with Crippen LogP contribution in [0.25, 0.3) is 11.4 Å². The second-order valence-corrected chi connectivity index (χ2v) is 10.6. The van der Waals surface area contributed by atoms with Crippen molar-refractivity contribution in [3.63, 3.8) is 0 Å². The molecular weight excluding hydrogens is 579 g/mol. The molecule has 220 valence electrons. The Balaban J connectivity index is 1.43. The van der Waals surface area contributed by atoms with Crippen molar-refractivity contribution in [2.45, 2.75) is 25.9 Å². The summed E-state index contributed by atoms with van der Waals surface area (Å²) in [6.07, 6.45) is 3.07. The lowest BCUT2D eigenvalue weighted by Gasteiger charge is -2.37. The molecule has 0 amide bonds. The number of hydrogen-bond donors (Lipinski definition) is 3. The van der Waals surface area contributed by atoms with Crippen molar-refractivity contribution in [1.29, 1.82) is 0 Å². The highest BCUT2D eigenvalue weighted by molar-refractivity contribution is 6.41. The Morgan fingerprint density at radius 1 is 0.857 bits per heavy atom. The van der Waals surface area contributed by atoms with Crippen molar-refractivity contribution >= 4 is 52.0 Å². The zero-order valence-electron chi connectivity index (χ0n) is 23.9. The number of aromatic nitrogens is 4. The first-order valence-corrected chi connectivity index (χ1v) is 14.0. The average Bonchev–Trinajstić information content (AvgIpc) is 2.99. The van der Waals surface area contributed by atoms with Gasteiger partial charge in [-0.25, -0.2) is 15.0 Å². The summed E-state index contributed by atoms with van der Waals surface area (Å²) >= 11 is 13.2. The third-order valence-corrected chi connectivity index (χ3v) is 7.54. The Kier molecular flexibility index (Phi) is 9.00. The summed E-state index contributed by atoms with van der Waals surface area (Å²) < 4.78 is 16.5. The van der Waals surface area contributed by atoms with Crippen LogP contribution < -0.4 is 35.1 Å². The second kappa shape index (κ2) is 12.8. The molecular formula is C29H32Cl2N8O3. The van der Waals surface area contributed by atoms with Gasteiger partial charge in [-0.05, 0) is 38.1 Å². The number of anilines is 5. The van der Waals surface area contributed by atoms with Crippen LogP contribution in [0.2, 0.25) is 10.0 Å². The van der Waals surface area contributed by atoms with Gasteiger partial charge >= 0.3 is 0 Å². The third-order valence-electron chi connectivity index (χ3n) is 6.79. The highest BCUT2D eigenvalue weighted by atomic mass is 35.5. The van der Waals surface area contributed by atoms with E-state index in [1.807, 2.05) is 18.2 Å². The summed E-state index contributed by atoms with van der Waals surface area (Å²) in [5, 5.41) is 10.6. The number of rotatable bonds is 9. The number of nitrogens with zero attached hydrogens (tertiary/aromatic N) is 5. The highest BCUT2D eigenvalue weighted by Crippen LogP contribution is 2.45. The fourth-order valence-electron chi connectivity index (χ4n) is 4.92. The van der Waals surface area contributed by atoms with Crippen LogP contribution in [0.3, 0.4) is 0 Å². The molecule has 3 heterocycles. The number of halogens is 2. The number of hydrogen-bond acceptors (Lipinski definition) is 11. The average molecular weight is 612 g/mol. The van der Waals surface area contributed by atoms with E-state index in [2.05, 4.69) is 60.7 Å².